The fourth-order valence-electron chi connectivity index (χ4n) is 2.63. The number of carbonyl (C=O) groups excluding carboxylic acids is 1. The maximum absolute atomic E-state index is 11.9. The van der Waals surface area contributed by atoms with Crippen molar-refractivity contribution in [3.63, 3.8) is 0 Å². The molecule has 80 valence electrons. The highest BCUT2D eigenvalue weighted by Gasteiger charge is 2.35. The van der Waals surface area contributed by atoms with E-state index >= 15 is 0 Å². The average Bonchev–Trinajstić information content (AvgIpc) is 2.98. The molecule has 0 heterocycles. The van der Waals surface area contributed by atoms with Crippen LogP contribution in [0.15, 0.2) is 0 Å². The summed E-state index contributed by atoms with van der Waals surface area (Å²) in [6.07, 6.45) is 8.20. The summed E-state index contributed by atoms with van der Waals surface area (Å²) in [5.41, 5.74) is 0. The molecule has 0 aromatic heterocycles. The van der Waals surface area contributed by atoms with Gasteiger partial charge in [0.05, 0.1) is 6.04 Å². The highest BCUT2D eigenvalue weighted by Crippen LogP contribution is 2.31. The minimum absolute atomic E-state index is 0.273. The maximum atomic E-state index is 11.9. The minimum Gasteiger partial charge on any atom is -0.298 e. The smallest absolute Gasteiger partial charge is 0.149 e. The Kier molecular flexibility index (Phi) is 3.22. The third-order valence-electron chi connectivity index (χ3n) is 3.55. The Morgan fingerprint density at radius 1 is 1.21 bits per heavy atom. The van der Waals surface area contributed by atoms with Gasteiger partial charge in [0.25, 0.3) is 0 Å². The molecule has 2 rings (SSSR count). The Hall–Kier alpha value is -0.370. The molecule has 2 aliphatic rings. The summed E-state index contributed by atoms with van der Waals surface area (Å²) in [4.78, 5) is 14.4. The first-order chi connectivity index (χ1) is 6.83. The second-order valence-electron chi connectivity index (χ2n) is 4.64. The van der Waals surface area contributed by atoms with Gasteiger partial charge in [-0.25, -0.2) is 0 Å². The van der Waals surface area contributed by atoms with Crippen LogP contribution in [0.5, 0.6) is 0 Å². The summed E-state index contributed by atoms with van der Waals surface area (Å²) in [5.74, 6) is 0.510. The number of hydrogen-bond acceptors (Lipinski definition) is 2. The molecular weight excluding hydrogens is 174 g/mol. The Bertz CT molecular complexity index is 210. The summed E-state index contributed by atoms with van der Waals surface area (Å²) in [6.45, 7) is 3.25. The van der Waals surface area contributed by atoms with E-state index in [0.717, 1.165) is 31.8 Å². The van der Waals surface area contributed by atoms with Crippen molar-refractivity contribution in [2.45, 2.75) is 64.0 Å². The van der Waals surface area contributed by atoms with Crippen LogP contribution in [0.1, 0.15) is 51.9 Å². The van der Waals surface area contributed by atoms with Crippen LogP contribution in [0.4, 0.5) is 0 Å². The molecule has 0 aromatic carbocycles. The first-order valence-corrected chi connectivity index (χ1v) is 6.11. The molecule has 2 heteroatoms. The molecule has 1 unspecified atom stereocenters. The van der Waals surface area contributed by atoms with Gasteiger partial charge in [0.1, 0.15) is 5.78 Å². The number of ketones is 1. The lowest BCUT2D eigenvalue weighted by Gasteiger charge is -2.28. The van der Waals surface area contributed by atoms with Crippen molar-refractivity contribution >= 4 is 5.78 Å². The van der Waals surface area contributed by atoms with Crippen LogP contribution in [0, 0.1) is 0 Å². The van der Waals surface area contributed by atoms with E-state index in [4.69, 9.17) is 0 Å². The van der Waals surface area contributed by atoms with Crippen LogP contribution in [0.2, 0.25) is 0 Å². The van der Waals surface area contributed by atoms with Crippen LogP contribution in [-0.4, -0.2) is 29.3 Å². The van der Waals surface area contributed by atoms with E-state index in [9.17, 15) is 4.79 Å². The molecule has 2 fully saturated rings. The van der Waals surface area contributed by atoms with E-state index in [1.807, 2.05) is 0 Å². The second kappa shape index (κ2) is 4.43. The molecule has 0 N–H and O–H groups in total. The van der Waals surface area contributed by atoms with Crippen molar-refractivity contribution in [1.82, 2.24) is 4.90 Å². The molecule has 0 aromatic rings. The van der Waals surface area contributed by atoms with Gasteiger partial charge in [-0.2, -0.15) is 0 Å². The molecule has 2 aliphatic carbocycles. The number of rotatable bonds is 3. The van der Waals surface area contributed by atoms with Gasteiger partial charge < -0.3 is 0 Å². The second-order valence-corrected chi connectivity index (χ2v) is 4.64. The van der Waals surface area contributed by atoms with E-state index in [-0.39, 0.29) is 6.04 Å². The summed E-state index contributed by atoms with van der Waals surface area (Å²) >= 11 is 0. The number of carbonyl (C=O) groups is 1. The first kappa shape index (κ1) is 10.2. The molecule has 0 radical (unpaired) electrons. The zero-order valence-corrected chi connectivity index (χ0v) is 9.17. The number of likely N-dealkylation sites (N-methyl/N-ethyl adjacent to an activating group) is 1. The Balaban J connectivity index is 2.00. The highest BCUT2D eigenvalue weighted by molar-refractivity contribution is 5.84. The Labute approximate surface area is 86.7 Å². The topological polar surface area (TPSA) is 20.3 Å². The highest BCUT2D eigenvalue weighted by atomic mass is 16.1. The van der Waals surface area contributed by atoms with Crippen molar-refractivity contribution in [3.05, 3.63) is 0 Å². The maximum Gasteiger partial charge on any atom is 0.149 e. The van der Waals surface area contributed by atoms with Crippen molar-refractivity contribution in [1.29, 1.82) is 0 Å². The predicted molar refractivity (Wildman–Crippen MR) is 57.3 cm³/mol. The van der Waals surface area contributed by atoms with Gasteiger partial charge in [0.15, 0.2) is 0 Å². The normalized spacial score (nSPS) is 29.3. The fourth-order valence-corrected chi connectivity index (χ4v) is 2.63. The van der Waals surface area contributed by atoms with Crippen LogP contribution in [0.25, 0.3) is 0 Å². The SMILES string of the molecule is CCN(C1CC1)C1CCCCCC1=O. The van der Waals surface area contributed by atoms with E-state index < -0.39 is 0 Å². The van der Waals surface area contributed by atoms with Crippen LogP contribution in [-0.2, 0) is 4.79 Å². The lowest BCUT2D eigenvalue weighted by Crippen LogP contribution is -2.41. The summed E-state index contributed by atoms with van der Waals surface area (Å²) in [6, 6.07) is 1.02. The standard InChI is InChI=1S/C12H21NO/c1-2-13(10-8-9-10)11-6-4-3-5-7-12(11)14/h10-11H,2-9H2,1H3. The van der Waals surface area contributed by atoms with Crippen LogP contribution >= 0.6 is 0 Å². The molecule has 2 saturated carbocycles. The fraction of sp³-hybridized carbons (Fsp3) is 0.917. The molecule has 0 saturated heterocycles. The lowest BCUT2D eigenvalue weighted by molar-refractivity contribution is -0.124. The molecule has 0 amide bonds. The van der Waals surface area contributed by atoms with Gasteiger partial charge in [-0.1, -0.05) is 19.8 Å². The molecule has 0 bridgehead atoms. The monoisotopic (exact) mass is 195 g/mol. The average molecular weight is 195 g/mol. The molecular formula is C12H21NO. The van der Waals surface area contributed by atoms with Gasteiger partial charge in [-0.3, -0.25) is 9.69 Å². The minimum atomic E-state index is 0.273. The first-order valence-electron chi connectivity index (χ1n) is 6.11. The molecule has 0 aliphatic heterocycles. The van der Waals surface area contributed by atoms with E-state index in [2.05, 4.69) is 11.8 Å². The Morgan fingerprint density at radius 3 is 2.64 bits per heavy atom. The molecule has 2 nitrogen and oxygen atoms in total. The van der Waals surface area contributed by atoms with Gasteiger partial charge in [0, 0.05) is 12.5 Å². The third kappa shape index (κ3) is 2.17. The quantitative estimate of drug-likeness (QED) is 0.644. The third-order valence-corrected chi connectivity index (χ3v) is 3.55. The zero-order chi connectivity index (χ0) is 9.97. The number of nitrogens with zero attached hydrogens (tertiary/aromatic N) is 1. The van der Waals surface area contributed by atoms with Gasteiger partial charge in [-0.05, 0) is 32.2 Å². The molecule has 1 atom stereocenters. The molecule has 14 heavy (non-hydrogen) atoms. The summed E-state index contributed by atoms with van der Waals surface area (Å²) in [5, 5.41) is 0. The van der Waals surface area contributed by atoms with Gasteiger partial charge in [0.2, 0.25) is 0 Å². The van der Waals surface area contributed by atoms with Crippen LogP contribution < -0.4 is 0 Å². The lowest BCUT2D eigenvalue weighted by atomic mass is 10.1. The Morgan fingerprint density at radius 2 is 2.00 bits per heavy atom. The predicted octanol–water partition coefficient (Wildman–Crippen LogP) is 2.37. The van der Waals surface area contributed by atoms with Crippen molar-refractivity contribution in [3.8, 4) is 0 Å². The van der Waals surface area contributed by atoms with Crippen molar-refractivity contribution in [2.24, 2.45) is 0 Å². The summed E-state index contributed by atoms with van der Waals surface area (Å²) < 4.78 is 0. The van der Waals surface area contributed by atoms with Gasteiger partial charge >= 0.3 is 0 Å². The zero-order valence-electron chi connectivity index (χ0n) is 9.17. The van der Waals surface area contributed by atoms with E-state index in [1.54, 1.807) is 0 Å². The number of hydrogen-bond donors (Lipinski definition) is 0. The largest absolute Gasteiger partial charge is 0.298 e. The van der Waals surface area contributed by atoms with Crippen molar-refractivity contribution < 1.29 is 4.79 Å². The van der Waals surface area contributed by atoms with Crippen molar-refractivity contribution in [2.75, 3.05) is 6.54 Å². The molecule has 0 spiro atoms. The number of Topliss-reactive ketones (excluding diaryl/α,β-unsaturated/α-hetero) is 1. The van der Waals surface area contributed by atoms with E-state index in [1.165, 1.54) is 25.7 Å². The van der Waals surface area contributed by atoms with E-state index in [0.29, 0.717) is 5.78 Å². The van der Waals surface area contributed by atoms with Gasteiger partial charge in [-0.15, -0.1) is 0 Å². The summed E-state index contributed by atoms with van der Waals surface area (Å²) in [7, 11) is 0. The van der Waals surface area contributed by atoms with Crippen LogP contribution in [0.3, 0.4) is 0 Å².